The summed E-state index contributed by atoms with van der Waals surface area (Å²) in [6, 6.07) is 4.27. The lowest BCUT2D eigenvalue weighted by Crippen LogP contribution is -2.47. The zero-order valence-corrected chi connectivity index (χ0v) is 22.4. The van der Waals surface area contributed by atoms with E-state index in [2.05, 4.69) is 10.6 Å². The number of hydrogen-bond donors (Lipinski definition) is 3. The van der Waals surface area contributed by atoms with Crippen LogP contribution >= 0.6 is 0 Å². The summed E-state index contributed by atoms with van der Waals surface area (Å²) >= 11 is 0. The van der Waals surface area contributed by atoms with Crippen molar-refractivity contribution in [2.45, 2.75) is 44.7 Å². The first-order valence-electron chi connectivity index (χ1n) is 13.0. The van der Waals surface area contributed by atoms with Crippen LogP contribution in [-0.4, -0.2) is 111 Å². The molecular weight excluding hydrogens is 516 g/mol. The van der Waals surface area contributed by atoms with Crippen LogP contribution in [0.5, 0.6) is 5.75 Å². The second kappa shape index (κ2) is 14.9. The molecule has 0 bridgehead atoms. The van der Waals surface area contributed by atoms with Crippen LogP contribution in [-0.2, 0) is 30.2 Å². The molecule has 0 aliphatic carbocycles. The van der Waals surface area contributed by atoms with Crippen LogP contribution in [0, 0.1) is 10.1 Å². The summed E-state index contributed by atoms with van der Waals surface area (Å²) < 4.78 is 26.9. The molecule has 14 heteroatoms. The van der Waals surface area contributed by atoms with Gasteiger partial charge in [-0.05, 0) is 31.9 Å². The first-order chi connectivity index (χ1) is 18.6. The van der Waals surface area contributed by atoms with Gasteiger partial charge in [0, 0.05) is 45.2 Å². The topological polar surface area (TPSA) is 171 Å². The predicted octanol–water partition coefficient (Wildman–Crippen LogP) is 0.593. The summed E-state index contributed by atoms with van der Waals surface area (Å²) in [6.45, 7) is 6.98. The first-order valence-corrected chi connectivity index (χ1v) is 13.0. The van der Waals surface area contributed by atoms with Gasteiger partial charge in [0.1, 0.15) is 25.4 Å². The van der Waals surface area contributed by atoms with Crippen molar-refractivity contribution >= 4 is 17.7 Å². The Bertz CT molecular complexity index is 970. The largest absolute Gasteiger partial charge is 0.484 e. The molecule has 2 amide bonds. The number of morpholine rings is 1. The highest BCUT2D eigenvalue weighted by molar-refractivity contribution is 5.74. The number of aryl methyl sites for hydroxylation is 1. The number of nitrogens with zero attached hydrogens (tertiary/aromatic N) is 2. The average molecular weight is 555 g/mol. The van der Waals surface area contributed by atoms with Crippen molar-refractivity contribution in [2.75, 3.05) is 65.8 Å². The van der Waals surface area contributed by atoms with Crippen molar-refractivity contribution in [3.8, 4) is 5.75 Å². The number of carbonyl (C=O) groups excluding carboxylic acids is 2. The number of aliphatic hydroxyl groups is 1. The Labute approximate surface area is 227 Å². The minimum atomic E-state index is -0.922. The minimum Gasteiger partial charge on any atom is -0.484 e. The molecule has 14 nitrogen and oxygen atoms in total. The number of nitro benzene ring substituents is 1. The highest BCUT2D eigenvalue weighted by Gasteiger charge is 2.33. The molecule has 2 saturated heterocycles. The summed E-state index contributed by atoms with van der Waals surface area (Å²) in [4.78, 5) is 36.8. The molecular formula is C25H38N4O10. The van der Waals surface area contributed by atoms with E-state index >= 15 is 0 Å². The monoisotopic (exact) mass is 554 g/mol. The molecule has 2 heterocycles. The molecule has 2 atom stereocenters. The molecule has 2 fully saturated rings. The van der Waals surface area contributed by atoms with Gasteiger partial charge in [0.2, 0.25) is 0 Å². The predicted molar refractivity (Wildman–Crippen MR) is 137 cm³/mol. The number of hydrogen-bond acceptors (Lipinski definition) is 11. The van der Waals surface area contributed by atoms with E-state index in [1.165, 1.54) is 12.1 Å². The second-order valence-corrected chi connectivity index (χ2v) is 9.69. The molecule has 0 saturated carbocycles. The van der Waals surface area contributed by atoms with E-state index in [-0.39, 0.29) is 56.2 Å². The summed E-state index contributed by atoms with van der Waals surface area (Å²) in [5.74, 6) is -1.12. The second-order valence-electron chi connectivity index (χ2n) is 9.69. The fourth-order valence-corrected chi connectivity index (χ4v) is 3.98. The van der Waals surface area contributed by atoms with Gasteiger partial charge in [-0.15, -0.1) is 0 Å². The Morgan fingerprint density at radius 1 is 1.28 bits per heavy atom. The molecule has 2 aliphatic heterocycles. The Kier molecular flexibility index (Phi) is 11.7. The van der Waals surface area contributed by atoms with Gasteiger partial charge in [-0.2, -0.15) is 0 Å². The number of rotatable bonds is 14. The van der Waals surface area contributed by atoms with Crippen molar-refractivity contribution in [3.63, 3.8) is 0 Å². The Hall–Kier alpha value is -3.04. The fraction of sp³-hybridized carbons (Fsp3) is 0.680. The van der Waals surface area contributed by atoms with Crippen molar-refractivity contribution < 1.29 is 43.3 Å². The molecule has 0 radical (unpaired) electrons. The summed E-state index contributed by atoms with van der Waals surface area (Å²) in [5.41, 5.74) is 0.319. The maximum absolute atomic E-state index is 12.1. The summed E-state index contributed by atoms with van der Waals surface area (Å²) in [6.07, 6.45) is -0.949. The van der Waals surface area contributed by atoms with Gasteiger partial charge in [-0.3, -0.25) is 14.9 Å². The van der Waals surface area contributed by atoms with Gasteiger partial charge in [0.05, 0.1) is 24.7 Å². The molecule has 2 aliphatic rings. The Morgan fingerprint density at radius 2 is 2.05 bits per heavy atom. The molecule has 39 heavy (non-hydrogen) atoms. The smallest absolute Gasteiger partial charge is 0.317 e. The number of esters is 1. The number of ether oxygens (including phenoxy) is 5. The Balaban J connectivity index is 1.34. The van der Waals surface area contributed by atoms with E-state index < -0.39 is 22.8 Å². The first kappa shape index (κ1) is 30.5. The summed E-state index contributed by atoms with van der Waals surface area (Å²) in [5, 5.41) is 27.5. The third kappa shape index (κ3) is 10.6. The van der Waals surface area contributed by atoms with E-state index in [0.29, 0.717) is 51.6 Å². The van der Waals surface area contributed by atoms with E-state index in [1.54, 1.807) is 24.8 Å². The highest BCUT2D eigenvalue weighted by atomic mass is 16.7. The SMILES string of the molecule is CC1(C)OCC(COC(=O)CCc2ccc(OCC(O)CNCCNC(=O)N3CCOCC3)c([N+](=O)[O-])c2)O1. The molecule has 3 N–H and O–H groups in total. The van der Waals surface area contributed by atoms with Crippen LogP contribution in [0.1, 0.15) is 25.8 Å². The highest BCUT2D eigenvalue weighted by Crippen LogP contribution is 2.29. The van der Waals surface area contributed by atoms with E-state index in [0.717, 1.165) is 0 Å². The number of carbonyl (C=O) groups is 2. The van der Waals surface area contributed by atoms with Crippen LogP contribution in [0.4, 0.5) is 10.5 Å². The molecule has 0 aromatic heterocycles. The third-order valence-corrected chi connectivity index (χ3v) is 6.02. The molecule has 0 spiro atoms. The molecule has 2 unspecified atom stereocenters. The van der Waals surface area contributed by atoms with E-state index in [9.17, 15) is 24.8 Å². The zero-order chi connectivity index (χ0) is 28.3. The third-order valence-electron chi connectivity index (χ3n) is 6.02. The number of nitrogens with one attached hydrogen (secondary N) is 2. The number of aliphatic hydroxyl groups excluding tert-OH is 1. The van der Waals surface area contributed by atoms with Crippen LogP contribution in [0.3, 0.4) is 0 Å². The van der Waals surface area contributed by atoms with Gasteiger partial charge in [0.25, 0.3) is 0 Å². The standard InChI is InChI=1S/C25H38N4O10/c1-25(2)38-17-20(39-25)16-37-23(31)6-4-18-3-5-22(21(13-18)29(33)34)36-15-19(30)14-26-7-8-27-24(32)28-9-11-35-12-10-28/h3,5,13,19-20,26,30H,4,6-12,14-17H2,1-2H3,(H,27,32). The van der Waals surface area contributed by atoms with Crippen LogP contribution in [0.15, 0.2) is 18.2 Å². The zero-order valence-electron chi connectivity index (χ0n) is 22.4. The molecule has 1 aromatic carbocycles. The molecule has 3 rings (SSSR count). The van der Waals surface area contributed by atoms with Crippen molar-refractivity contribution in [2.24, 2.45) is 0 Å². The molecule has 1 aromatic rings. The maximum atomic E-state index is 12.1. The molecule has 218 valence electrons. The maximum Gasteiger partial charge on any atom is 0.317 e. The van der Waals surface area contributed by atoms with Gasteiger partial charge in [-0.1, -0.05) is 6.07 Å². The van der Waals surface area contributed by atoms with Gasteiger partial charge >= 0.3 is 17.7 Å². The van der Waals surface area contributed by atoms with Crippen molar-refractivity contribution in [1.82, 2.24) is 15.5 Å². The van der Waals surface area contributed by atoms with Crippen LogP contribution < -0.4 is 15.4 Å². The number of urea groups is 1. The Morgan fingerprint density at radius 3 is 2.74 bits per heavy atom. The summed E-state index contributed by atoms with van der Waals surface area (Å²) in [7, 11) is 0. The normalized spacial score (nSPS) is 19.4. The van der Waals surface area contributed by atoms with Gasteiger partial charge in [0.15, 0.2) is 11.5 Å². The quantitative estimate of drug-likeness (QED) is 0.127. The van der Waals surface area contributed by atoms with E-state index in [1.807, 2.05) is 0 Å². The van der Waals surface area contributed by atoms with E-state index in [4.69, 9.17) is 23.7 Å². The number of benzene rings is 1. The van der Waals surface area contributed by atoms with Crippen molar-refractivity contribution in [1.29, 1.82) is 0 Å². The lowest BCUT2D eigenvalue weighted by atomic mass is 10.1. The minimum absolute atomic E-state index is 0.0177. The van der Waals surface area contributed by atoms with Gasteiger partial charge < -0.3 is 44.3 Å². The number of amides is 2. The average Bonchev–Trinajstić information content (AvgIpc) is 3.28. The fourth-order valence-electron chi connectivity index (χ4n) is 3.98. The van der Waals surface area contributed by atoms with Crippen LogP contribution in [0.25, 0.3) is 0 Å². The lowest BCUT2D eigenvalue weighted by Gasteiger charge is -2.27. The van der Waals surface area contributed by atoms with Gasteiger partial charge in [-0.25, -0.2) is 4.79 Å². The lowest BCUT2D eigenvalue weighted by molar-refractivity contribution is -0.386. The number of nitro groups is 1. The van der Waals surface area contributed by atoms with Crippen molar-refractivity contribution in [3.05, 3.63) is 33.9 Å². The van der Waals surface area contributed by atoms with Crippen LogP contribution in [0.2, 0.25) is 0 Å².